The smallest absolute Gasteiger partial charge is 0.259 e. The molecule has 1 aromatic heterocycles. The molecule has 1 aliphatic rings. The molecule has 1 saturated heterocycles. The van der Waals surface area contributed by atoms with E-state index in [1.807, 2.05) is 0 Å². The molecule has 1 unspecified atom stereocenters. The zero-order valence-corrected chi connectivity index (χ0v) is 13.5. The van der Waals surface area contributed by atoms with Crippen molar-refractivity contribution >= 4 is 23.2 Å². The van der Waals surface area contributed by atoms with Crippen molar-refractivity contribution in [1.29, 1.82) is 0 Å². The average molecular weight is 348 g/mol. The van der Waals surface area contributed by atoms with E-state index in [1.54, 1.807) is 6.92 Å². The quantitative estimate of drug-likeness (QED) is 0.885. The third kappa shape index (κ3) is 4.04. The fourth-order valence-corrected chi connectivity index (χ4v) is 2.37. The minimum absolute atomic E-state index is 0.0517. The highest BCUT2D eigenvalue weighted by atomic mass is 19.1. The molecule has 1 fully saturated rings. The van der Waals surface area contributed by atoms with Gasteiger partial charge in [0.25, 0.3) is 11.8 Å². The van der Waals surface area contributed by atoms with Crippen molar-refractivity contribution in [2.45, 2.75) is 13.0 Å². The van der Waals surface area contributed by atoms with Gasteiger partial charge in [0.05, 0.1) is 37.3 Å². The number of carbonyl (C=O) groups excluding carboxylic acids is 2. The van der Waals surface area contributed by atoms with Gasteiger partial charge in [0.1, 0.15) is 11.6 Å². The number of rotatable bonds is 4. The molecule has 2 heterocycles. The summed E-state index contributed by atoms with van der Waals surface area (Å²) < 4.78 is 29.5. The van der Waals surface area contributed by atoms with Crippen LogP contribution in [0.4, 0.5) is 15.8 Å². The van der Waals surface area contributed by atoms with Crippen LogP contribution in [0.3, 0.4) is 0 Å². The monoisotopic (exact) mass is 348 g/mol. The number of anilines is 2. The molecule has 1 atom stereocenters. The van der Waals surface area contributed by atoms with Gasteiger partial charge in [-0.2, -0.15) is 0 Å². The Kier molecular flexibility index (Phi) is 5.11. The number of hydrogen-bond donors (Lipinski definition) is 2. The third-order valence-electron chi connectivity index (χ3n) is 3.69. The molecule has 0 saturated carbocycles. The average Bonchev–Trinajstić information content (AvgIpc) is 3.04. The number of benzene rings is 1. The van der Waals surface area contributed by atoms with E-state index in [0.29, 0.717) is 30.2 Å². The molecule has 25 heavy (non-hydrogen) atoms. The highest BCUT2D eigenvalue weighted by Crippen LogP contribution is 2.22. The molecule has 8 heteroatoms. The van der Waals surface area contributed by atoms with Gasteiger partial charge in [0.2, 0.25) is 0 Å². The second kappa shape index (κ2) is 7.45. The van der Waals surface area contributed by atoms with Crippen LogP contribution in [0.5, 0.6) is 0 Å². The highest BCUT2D eigenvalue weighted by molar-refractivity contribution is 6.05. The van der Waals surface area contributed by atoms with Crippen molar-refractivity contribution in [2.75, 3.05) is 30.5 Å². The molecular formula is C17H17FN2O5. The summed E-state index contributed by atoms with van der Waals surface area (Å²) in [5, 5.41) is 5.08. The fourth-order valence-electron chi connectivity index (χ4n) is 2.37. The summed E-state index contributed by atoms with van der Waals surface area (Å²) in [7, 11) is 0. The van der Waals surface area contributed by atoms with Gasteiger partial charge in [-0.3, -0.25) is 9.59 Å². The maximum Gasteiger partial charge on any atom is 0.259 e. The molecule has 0 spiro atoms. The predicted molar refractivity (Wildman–Crippen MR) is 87.0 cm³/mol. The molecule has 132 valence electrons. The molecule has 2 N–H and O–H groups in total. The van der Waals surface area contributed by atoms with Crippen LogP contribution in [0.25, 0.3) is 0 Å². The molecule has 1 aromatic carbocycles. The van der Waals surface area contributed by atoms with E-state index in [2.05, 4.69) is 10.6 Å². The zero-order valence-electron chi connectivity index (χ0n) is 13.5. The number of amides is 2. The Hall–Kier alpha value is -2.71. The van der Waals surface area contributed by atoms with Crippen LogP contribution in [-0.4, -0.2) is 37.7 Å². The van der Waals surface area contributed by atoms with Gasteiger partial charge in [0, 0.05) is 5.69 Å². The molecule has 0 bridgehead atoms. The molecule has 0 aliphatic carbocycles. The Morgan fingerprint density at radius 2 is 2.04 bits per heavy atom. The SMILES string of the molecule is Cc1occc1C(=O)Nc1cc(NC(=O)C2COCCO2)ccc1F. The van der Waals surface area contributed by atoms with E-state index in [4.69, 9.17) is 13.9 Å². The van der Waals surface area contributed by atoms with Crippen molar-refractivity contribution in [2.24, 2.45) is 0 Å². The lowest BCUT2D eigenvalue weighted by Crippen LogP contribution is -2.39. The van der Waals surface area contributed by atoms with Crippen molar-refractivity contribution in [3.63, 3.8) is 0 Å². The van der Waals surface area contributed by atoms with Crippen LogP contribution in [0.1, 0.15) is 16.1 Å². The minimum atomic E-state index is -0.717. The molecule has 1 aliphatic heterocycles. The predicted octanol–water partition coefficient (Wildman–Crippen LogP) is 2.33. The van der Waals surface area contributed by atoms with Gasteiger partial charge in [0.15, 0.2) is 6.10 Å². The first-order chi connectivity index (χ1) is 12.0. The third-order valence-corrected chi connectivity index (χ3v) is 3.69. The number of hydrogen-bond acceptors (Lipinski definition) is 5. The molecule has 7 nitrogen and oxygen atoms in total. The van der Waals surface area contributed by atoms with E-state index >= 15 is 0 Å². The summed E-state index contributed by atoms with van der Waals surface area (Å²) in [6, 6.07) is 5.39. The second-order valence-corrected chi connectivity index (χ2v) is 5.46. The van der Waals surface area contributed by atoms with Gasteiger partial charge in [-0.15, -0.1) is 0 Å². The summed E-state index contributed by atoms with van der Waals surface area (Å²) in [5.41, 5.74) is 0.589. The fraction of sp³-hybridized carbons (Fsp3) is 0.294. The van der Waals surface area contributed by atoms with Crippen LogP contribution in [0.15, 0.2) is 34.9 Å². The first-order valence-electron chi connectivity index (χ1n) is 7.70. The van der Waals surface area contributed by atoms with E-state index in [0.717, 1.165) is 6.07 Å². The number of carbonyl (C=O) groups is 2. The molecule has 3 rings (SSSR count). The lowest BCUT2D eigenvalue weighted by atomic mass is 10.2. The number of halogens is 1. The van der Waals surface area contributed by atoms with Crippen LogP contribution in [0, 0.1) is 12.7 Å². The number of nitrogens with one attached hydrogen (secondary N) is 2. The highest BCUT2D eigenvalue weighted by Gasteiger charge is 2.23. The van der Waals surface area contributed by atoms with Crippen LogP contribution in [0.2, 0.25) is 0 Å². The summed E-state index contributed by atoms with van der Waals surface area (Å²) in [5.74, 6) is -1.09. The van der Waals surface area contributed by atoms with Crippen LogP contribution in [-0.2, 0) is 14.3 Å². The summed E-state index contributed by atoms with van der Waals surface area (Å²) in [6.45, 7) is 2.58. The van der Waals surface area contributed by atoms with Crippen LogP contribution >= 0.6 is 0 Å². The molecule has 2 aromatic rings. The second-order valence-electron chi connectivity index (χ2n) is 5.46. The van der Waals surface area contributed by atoms with Gasteiger partial charge >= 0.3 is 0 Å². The summed E-state index contributed by atoms with van der Waals surface area (Å²) in [4.78, 5) is 24.3. The van der Waals surface area contributed by atoms with Gasteiger partial charge < -0.3 is 24.5 Å². The Morgan fingerprint density at radius 1 is 1.20 bits per heavy atom. The Morgan fingerprint density at radius 3 is 2.72 bits per heavy atom. The van der Waals surface area contributed by atoms with Crippen LogP contribution < -0.4 is 10.6 Å². The van der Waals surface area contributed by atoms with E-state index in [-0.39, 0.29) is 12.3 Å². The number of ether oxygens (including phenoxy) is 2. The molecular weight excluding hydrogens is 331 g/mol. The Bertz CT molecular complexity index is 783. The standard InChI is InChI=1S/C17H17FN2O5/c1-10-12(4-5-24-10)16(21)20-14-8-11(2-3-13(14)18)19-17(22)15-9-23-6-7-25-15/h2-5,8,15H,6-7,9H2,1H3,(H,19,22)(H,20,21). The van der Waals surface area contributed by atoms with Gasteiger partial charge in [-0.05, 0) is 31.2 Å². The maximum atomic E-state index is 14.0. The maximum absolute atomic E-state index is 14.0. The topological polar surface area (TPSA) is 89.8 Å². The molecule has 2 amide bonds. The van der Waals surface area contributed by atoms with E-state index in [9.17, 15) is 14.0 Å². The largest absolute Gasteiger partial charge is 0.469 e. The number of aryl methyl sites for hydroxylation is 1. The zero-order chi connectivity index (χ0) is 17.8. The molecule has 0 radical (unpaired) electrons. The summed E-state index contributed by atoms with van der Waals surface area (Å²) >= 11 is 0. The van der Waals surface area contributed by atoms with Gasteiger partial charge in [-0.1, -0.05) is 0 Å². The minimum Gasteiger partial charge on any atom is -0.469 e. The lowest BCUT2D eigenvalue weighted by Gasteiger charge is -2.22. The van der Waals surface area contributed by atoms with Crippen molar-refractivity contribution in [3.05, 3.63) is 47.7 Å². The van der Waals surface area contributed by atoms with Crippen molar-refractivity contribution < 1.29 is 27.9 Å². The normalized spacial score (nSPS) is 17.1. The van der Waals surface area contributed by atoms with Crippen molar-refractivity contribution in [1.82, 2.24) is 0 Å². The lowest BCUT2D eigenvalue weighted by molar-refractivity contribution is -0.142. The van der Waals surface area contributed by atoms with E-state index in [1.165, 1.54) is 24.5 Å². The van der Waals surface area contributed by atoms with Gasteiger partial charge in [-0.25, -0.2) is 4.39 Å². The first-order valence-corrected chi connectivity index (χ1v) is 7.70. The first kappa shape index (κ1) is 17.1. The van der Waals surface area contributed by atoms with E-state index < -0.39 is 23.7 Å². The number of furan rings is 1. The summed E-state index contributed by atoms with van der Waals surface area (Å²) in [6.07, 6.45) is 0.661. The Labute approximate surface area is 143 Å². The Balaban J connectivity index is 1.70. The van der Waals surface area contributed by atoms with Crippen molar-refractivity contribution in [3.8, 4) is 0 Å².